The molecule has 3 rings (SSSR count). The summed E-state index contributed by atoms with van der Waals surface area (Å²) >= 11 is 5.64. The molecule has 1 aliphatic rings. The zero-order valence-corrected chi connectivity index (χ0v) is 13.5. The van der Waals surface area contributed by atoms with Gasteiger partial charge in [-0.05, 0) is 29.7 Å². The van der Waals surface area contributed by atoms with Gasteiger partial charge in [-0.1, -0.05) is 48.0 Å². The highest BCUT2D eigenvalue weighted by Crippen LogP contribution is 2.20. The first-order chi connectivity index (χ1) is 11.5. The van der Waals surface area contributed by atoms with Crippen molar-refractivity contribution in [2.24, 2.45) is 0 Å². The molecule has 1 fully saturated rings. The highest BCUT2D eigenvalue weighted by Gasteiger charge is 2.37. The van der Waals surface area contributed by atoms with Gasteiger partial charge in [0.1, 0.15) is 12.4 Å². The van der Waals surface area contributed by atoms with Gasteiger partial charge < -0.3 is 4.74 Å². The molecule has 0 radical (unpaired) electrons. The lowest BCUT2D eigenvalue weighted by molar-refractivity contribution is -0.128. The van der Waals surface area contributed by atoms with E-state index in [-0.39, 0.29) is 24.1 Å². The maximum absolute atomic E-state index is 13.5. The Morgan fingerprint density at radius 1 is 1.21 bits per heavy atom. The van der Waals surface area contributed by atoms with Crippen molar-refractivity contribution in [2.45, 2.75) is 18.9 Å². The second kappa shape index (κ2) is 7.01. The second-order valence-electron chi connectivity index (χ2n) is 5.61. The molecule has 0 spiro atoms. The number of hydrogen-bond acceptors (Lipinski definition) is 3. The molecule has 2 amide bonds. The minimum Gasteiger partial charge on any atom is -0.447 e. The van der Waals surface area contributed by atoms with Crippen LogP contribution in [0.5, 0.6) is 0 Å². The lowest BCUT2D eigenvalue weighted by atomic mass is 10.0. The third-order valence-corrected chi connectivity index (χ3v) is 4.19. The van der Waals surface area contributed by atoms with Crippen molar-refractivity contribution in [2.75, 3.05) is 6.61 Å². The van der Waals surface area contributed by atoms with Crippen molar-refractivity contribution in [1.29, 1.82) is 0 Å². The van der Waals surface area contributed by atoms with E-state index in [2.05, 4.69) is 0 Å². The van der Waals surface area contributed by atoms with Gasteiger partial charge in [0, 0.05) is 0 Å². The molecule has 0 bridgehead atoms. The number of nitrogens with zero attached hydrogens (tertiary/aromatic N) is 1. The summed E-state index contributed by atoms with van der Waals surface area (Å²) in [4.78, 5) is 25.5. The van der Waals surface area contributed by atoms with Crippen LogP contribution in [-0.4, -0.2) is 29.5 Å². The Hall–Kier alpha value is -2.40. The van der Waals surface area contributed by atoms with E-state index in [1.54, 1.807) is 6.07 Å². The highest BCUT2D eigenvalue weighted by molar-refractivity contribution is 6.30. The van der Waals surface area contributed by atoms with E-state index in [1.165, 1.54) is 12.1 Å². The Balaban J connectivity index is 1.73. The van der Waals surface area contributed by atoms with Gasteiger partial charge in [0.2, 0.25) is 5.91 Å². The fourth-order valence-electron chi connectivity index (χ4n) is 2.71. The number of cyclic esters (lactones) is 1. The number of ether oxygens (including phenoxy) is 1. The number of rotatable bonds is 4. The van der Waals surface area contributed by atoms with Gasteiger partial charge in [0.25, 0.3) is 0 Å². The predicted octanol–water partition coefficient (Wildman–Crippen LogP) is 3.61. The third kappa shape index (κ3) is 3.57. The Morgan fingerprint density at radius 3 is 2.67 bits per heavy atom. The van der Waals surface area contributed by atoms with Crippen LogP contribution in [0.25, 0.3) is 0 Å². The van der Waals surface area contributed by atoms with Crippen LogP contribution in [0, 0.1) is 5.82 Å². The topological polar surface area (TPSA) is 46.6 Å². The minimum atomic E-state index is -0.657. The summed E-state index contributed by atoms with van der Waals surface area (Å²) < 4.78 is 18.5. The summed E-state index contributed by atoms with van der Waals surface area (Å²) in [7, 11) is 0. The van der Waals surface area contributed by atoms with E-state index < -0.39 is 17.8 Å². The highest BCUT2D eigenvalue weighted by atomic mass is 35.5. The summed E-state index contributed by atoms with van der Waals surface area (Å²) in [5, 5.41) is -0.00580. The largest absolute Gasteiger partial charge is 0.447 e. The van der Waals surface area contributed by atoms with Gasteiger partial charge in [-0.3, -0.25) is 4.79 Å². The molecule has 24 heavy (non-hydrogen) atoms. The summed E-state index contributed by atoms with van der Waals surface area (Å²) in [6.45, 7) is 0.161. The first kappa shape index (κ1) is 16.5. The monoisotopic (exact) mass is 347 g/mol. The molecule has 2 aromatic rings. The molecule has 1 atom stereocenters. The van der Waals surface area contributed by atoms with E-state index in [1.807, 2.05) is 30.3 Å². The molecule has 0 aromatic heterocycles. The van der Waals surface area contributed by atoms with Gasteiger partial charge in [-0.15, -0.1) is 0 Å². The van der Waals surface area contributed by atoms with Crippen molar-refractivity contribution >= 4 is 23.6 Å². The number of benzene rings is 2. The molecule has 0 saturated carbocycles. The van der Waals surface area contributed by atoms with Crippen molar-refractivity contribution in [3.05, 3.63) is 70.5 Å². The standard InChI is InChI=1S/C18H15ClFNO3/c19-15-7-6-13(9-16(15)20)10-17(22)21-14(11-24-18(21)23)8-12-4-2-1-3-5-12/h1-7,9,14H,8,10-11H2/t14-/m1/s1. The Kier molecular flexibility index (Phi) is 4.81. The summed E-state index contributed by atoms with van der Waals surface area (Å²) in [6.07, 6.45) is -0.225. The van der Waals surface area contributed by atoms with Crippen LogP contribution >= 0.6 is 11.6 Å². The van der Waals surface area contributed by atoms with E-state index >= 15 is 0 Å². The molecule has 4 nitrogen and oxygen atoms in total. The summed E-state index contributed by atoms with van der Waals surface area (Å²) in [6, 6.07) is 13.4. The van der Waals surface area contributed by atoms with Crippen LogP contribution < -0.4 is 0 Å². The van der Waals surface area contributed by atoms with Crippen LogP contribution in [0.15, 0.2) is 48.5 Å². The molecule has 124 valence electrons. The number of hydrogen-bond donors (Lipinski definition) is 0. The molecular formula is C18H15ClFNO3. The minimum absolute atomic E-state index is 0.00580. The molecule has 0 aliphatic carbocycles. The van der Waals surface area contributed by atoms with Gasteiger partial charge in [0.15, 0.2) is 0 Å². The van der Waals surface area contributed by atoms with Crippen LogP contribution in [-0.2, 0) is 22.4 Å². The van der Waals surface area contributed by atoms with Crippen LogP contribution in [0.1, 0.15) is 11.1 Å². The number of amides is 2. The van der Waals surface area contributed by atoms with Crippen molar-refractivity contribution < 1.29 is 18.7 Å². The SMILES string of the molecule is O=C(Cc1ccc(Cl)c(F)c1)N1C(=O)OC[C@H]1Cc1ccccc1. The Labute approximate surface area is 143 Å². The lowest BCUT2D eigenvalue weighted by Crippen LogP contribution is -2.41. The van der Waals surface area contributed by atoms with Crippen LogP contribution in [0.2, 0.25) is 5.02 Å². The predicted molar refractivity (Wildman–Crippen MR) is 87.2 cm³/mol. The molecular weight excluding hydrogens is 333 g/mol. The molecule has 6 heteroatoms. The van der Waals surface area contributed by atoms with Crippen LogP contribution in [0.4, 0.5) is 9.18 Å². The number of carbonyl (C=O) groups is 2. The van der Waals surface area contributed by atoms with E-state index in [0.717, 1.165) is 10.5 Å². The van der Waals surface area contributed by atoms with Crippen molar-refractivity contribution in [3.63, 3.8) is 0 Å². The molecule has 1 aliphatic heterocycles. The van der Waals surface area contributed by atoms with Crippen molar-refractivity contribution in [1.82, 2.24) is 4.90 Å². The molecule has 2 aromatic carbocycles. The quantitative estimate of drug-likeness (QED) is 0.848. The molecule has 1 saturated heterocycles. The van der Waals surface area contributed by atoms with E-state index in [9.17, 15) is 14.0 Å². The Morgan fingerprint density at radius 2 is 1.96 bits per heavy atom. The summed E-state index contributed by atoms with van der Waals surface area (Å²) in [5.41, 5.74) is 1.47. The maximum Gasteiger partial charge on any atom is 0.416 e. The third-order valence-electron chi connectivity index (χ3n) is 3.88. The van der Waals surface area contributed by atoms with Gasteiger partial charge in [-0.25, -0.2) is 14.1 Å². The second-order valence-corrected chi connectivity index (χ2v) is 6.02. The van der Waals surface area contributed by atoms with Crippen molar-refractivity contribution in [3.8, 4) is 0 Å². The van der Waals surface area contributed by atoms with Crippen LogP contribution in [0.3, 0.4) is 0 Å². The summed E-state index contributed by atoms with van der Waals surface area (Å²) in [5.74, 6) is -1.01. The first-order valence-corrected chi connectivity index (χ1v) is 7.89. The zero-order chi connectivity index (χ0) is 17.1. The average molecular weight is 348 g/mol. The maximum atomic E-state index is 13.5. The normalized spacial score (nSPS) is 17.0. The fraction of sp³-hybridized carbons (Fsp3) is 0.222. The van der Waals surface area contributed by atoms with Gasteiger partial charge in [-0.2, -0.15) is 0 Å². The van der Waals surface area contributed by atoms with Gasteiger partial charge >= 0.3 is 6.09 Å². The number of imide groups is 1. The zero-order valence-electron chi connectivity index (χ0n) is 12.7. The average Bonchev–Trinajstić information content (AvgIpc) is 2.92. The first-order valence-electron chi connectivity index (χ1n) is 7.51. The lowest BCUT2D eigenvalue weighted by Gasteiger charge is -2.19. The molecule has 0 unspecified atom stereocenters. The smallest absolute Gasteiger partial charge is 0.416 e. The number of carbonyl (C=O) groups excluding carboxylic acids is 2. The molecule has 1 heterocycles. The fourth-order valence-corrected chi connectivity index (χ4v) is 2.83. The number of halogens is 2. The molecule has 0 N–H and O–H groups in total. The van der Waals surface area contributed by atoms with E-state index in [4.69, 9.17) is 16.3 Å². The Bertz CT molecular complexity index is 766. The van der Waals surface area contributed by atoms with Gasteiger partial charge in [0.05, 0.1) is 17.5 Å². The van der Waals surface area contributed by atoms with E-state index in [0.29, 0.717) is 12.0 Å².